The third-order valence-electron chi connectivity index (χ3n) is 9.87. The van der Waals surface area contributed by atoms with Gasteiger partial charge in [0.05, 0.1) is 23.0 Å². The van der Waals surface area contributed by atoms with E-state index in [0.29, 0.717) is 33.5 Å². The van der Waals surface area contributed by atoms with Gasteiger partial charge in [-0.2, -0.15) is 0 Å². The summed E-state index contributed by atoms with van der Waals surface area (Å²) in [5.74, 6) is -0.563. The number of hydrogen-bond donors (Lipinski definition) is 0. The van der Waals surface area contributed by atoms with E-state index in [-0.39, 0.29) is 24.4 Å². The van der Waals surface area contributed by atoms with Crippen LogP contribution < -0.4 is 9.97 Å². The minimum Gasteiger partial charge on any atom is -0.657 e. The maximum atomic E-state index is 13.1. The normalized spacial score (nSPS) is 14.8. The molecule has 7 nitrogen and oxygen atoms in total. The van der Waals surface area contributed by atoms with Gasteiger partial charge in [-0.3, -0.25) is 10.1 Å². The van der Waals surface area contributed by atoms with Crippen molar-refractivity contribution in [3.05, 3.63) is 178 Å². The van der Waals surface area contributed by atoms with E-state index in [1.807, 2.05) is 140 Å². The SMILES string of the molecule is CC1c2nc(c(-c3ccccc3)c3ccc([n-]3)c(-c3ccccc3)c3nc(c(-c4ccccc4)c4ccc([n-]4)c2-c2ccccc2)C=C3)C1[N+](=O)[O-].[Zn+2]. The van der Waals surface area contributed by atoms with Crippen LogP contribution in [-0.4, -0.2) is 14.9 Å². The molecule has 0 N–H and O–H groups in total. The molecule has 2 aliphatic heterocycles. The van der Waals surface area contributed by atoms with Crippen molar-refractivity contribution in [2.75, 3.05) is 0 Å². The Balaban J connectivity index is 0.00000400. The van der Waals surface area contributed by atoms with Crippen molar-refractivity contribution in [3.63, 3.8) is 0 Å². The third kappa shape index (κ3) is 6.01. The van der Waals surface area contributed by atoms with Crippen molar-refractivity contribution in [1.82, 2.24) is 19.9 Å². The van der Waals surface area contributed by atoms with Crippen LogP contribution in [0.25, 0.3) is 78.7 Å². The molecule has 2 unspecified atom stereocenters. The Kier molecular flexibility index (Phi) is 8.99. The van der Waals surface area contributed by atoms with Crippen LogP contribution in [0.5, 0.6) is 0 Å². The molecule has 0 radical (unpaired) electrons. The van der Waals surface area contributed by atoms with Gasteiger partial charge in [-0.25, -0.2) is 9.97 Å². The smallest absolute Gasteiger partial charge is 0.657 e. The van der Waals surface area contributed by atoms with Crippen molar-refractivity contribution in [1.29, 1.82) is 0 Å². The maximum Gasteiger partial charge on any atom is 2.00 e. The van der Waals surface area contributed by atoms with Gasteiger partial charge in [0.2, 0.25) is 0 Å². The van der Waals surface area contributed by atoms with Gasteiger partial charge in [-0.15, -0.1) is 22.1 Å². The topological polar surface area (TPSA) is 97.1 Å². The summed E-state index contributed by atoms with van der Waals surface area (Å²) in [7, 11) is 0. The zero-order valence-corrected chi connectivity index (χ0v) is 31.9. The van der Waals surface area contributed by atoms with Gasteiger partial charge in [0.15, 0.2) is 0 Å². The van der Waals surface area contributed by atoms with Crippen LogP contribution in [-0.2, 0) is 19.5 Å². The molecule has 0 saturated carbocycles. The van der Waals surface area contributed by atoms with E-state index in [1.54, 1.807) is 0 Å². The Bertz CT molecular complexity index is 2670. The van der Waals surface area contributed by atoms with Gasteiger partial charge in [0.25, 0.3) is 6.04 Å². The summed E-state index contributed by atoms with van der Waals surface area (Å²) >= 11 is 0. The minimum atomic E-state index is -1.11. The Morgan fingerprint density at radius 3 is 1.21 bits per heavy atom. The number of nitro groups is 1. The van der Waals surface area contributed by atoms with Crippen LogP contribution >= 0.6 is 0 Å². The zero-order chi connectivity index (χ0) is 35.2. The zero-order valence-electron chi connectivity index (χ0n) is 28.9. The standard InChI is InChI=1S/C45H31N5O2.Zn/c1-28-43-41(31-18-10-4-11-19-31)37-26-24-35(47-37)39(29-14-6-2-7-15-29)33-22-23-34(46-33)40(30-16-8-3-9-17-30)36-25-27-38(48-36)42(32-20-12-5-13-21-32)44(49-43)45(28)50(51)52;/h2-28,45H,1H3;/q-2;+2. The molecule has 7 aromatic rings. The summed E-state index contributed by atoms with van der Waals surface area (Å²) in [6.07, 6.45) is 4.08. The first-order chi connectivity index (χ1) is 25.5. The third-order valence-corrected chi connectivity index (χ3v) is 9.87. The largest absolute Gasteiger partial charge is 2.00 e. The summed E-state index contributed by atoms with van der Waals surface area (Å²) in [5.41, 5.74) is 12.1. The van der Waals surface area contributed by atoms with E-state index < -0.39 is 12.0 Å². The summed E-state index contributed by atoms with van der Waals surface area (Å²) in [6.45, 7) is 1.89. The van der Waals surface area contributed by atoms with Gasteiger partial charge < -0.3 is 9.97 Å². The number of aromatic nitrogens is 4. The monoisotopic (exact) mass is 737 g/mol. The minimum absolute atomic E-state index is 0. The molecule has 8 heteroatoms. The molecular weight excluding hydrogens is 708 g/mol. The molecule has 5 heterocycles. The number of hydrogen-bond acceptors (Lipinski definition) is 4. The first-order valence-electron chi connectivity index (χ1n) is 17.3. The number of benzene rings is 4. The molecule has 0 aliphatic carbocycles. The molecule has 2 aliphatic rings. The molecule has 9 rings (SSSR count). The van der Waals surface area contributed by atoms with Crippen molar-refractivity contribution < 1.29 is 24.4 Å². The molecule has 4 aromatic carbocycles. The Morgan fingerprint density at radius 1 is 0.491 bits per heavy atom. The fourth-order valence-electron chi connectivity index (χ4n) is 7.50. The van der Waals surface area contributed by atoms with Crippen molar-refractivity contribution in [2.45, 2.75) is 18.9 Å². The van der Waals surface area contributed by atoms with E-state index in [1.165, 1.54) is 0 Å². The molecule has 250 valence electrons. The summed E-state index contributed by atoms with van der Waals surface area (Å²) in [4.78, 5) is 34.0. The van der Waals surface area contributed by atoms with Gasteiger partial charge in [0.1, 0.15) is 5.69 Å². The van der Waals surface area contributed by atoms with Crippen LogP contribution in [0.3, 0.4) is 0 Å². The Morgan fingerprint density at radius 2 is 0.830 bits per heavy atom. The van der Waals surface area contributed by atoms with E-state index in [0.717, 1.165) is 55.8 Å². The Labute approximate surface area is 319 Å². The molecule has 2 atom stereocenters. The molecule has 53 heavy (non-hydrogen) atoms. The van der Waals surface area contributed by atoms with E-state index in [4.69, 9.17) is 19.9 Å². The van der Waals surface area contributed by atoms with Crippen LogP contribution in [0.1, 0.15) is 41.7 Å². The number of nitrogens with zero attached hydrogens (tertiary/aromatic N) is 5. The van der Waals surface area contributed by atoms with Gasteiger partial charge in [-0.05, 0) is 63.6 Å². The van der Waals surface area contributed by atoms with Crippen LogP contribution in [0.2, 0.25) is 0 Å². The molecule has 0 amide bonds. The summed E-state index contributed by atoms with van der Waals surface area (Å²) < 4.78 is 0. The van der Waals surface area contributed by atoms with Crippen molar-refractivity contribution in [2.24, 2.45) is 0 Å². The molecule has 3 aromatic heterocycles. The molecule has 0 spiro atoms. The average Bonchev–Trinajstić information content (AvgIpc) is 4.00. The van der Waals surface area contributed by atoms with Crippen LogP contribution in [0.15, 0.2) is 146 Å². The predicted molar refractivity (Wildman–Crippen MR) is 208 cm³/mol. The first kappa shape index (κ1) is 33.9. The van der Waals surface area contributed by atoms with Gasteiger partial charge >= 0.3 is 19.5 Å². The van der Waals surface area contributed by atoms with E-state index in [9.17, 15) is 10.1 Å². The first-order valence-corrected chi connectivity index (χ1v) is 17.3. The fourth-order valence-corrected chi connectivity index (χ4v) is 7.50. The molecule has 0 fully saturated rings. The van der Waals surface area contributed by atoms with Gasteiger partial charge in [0, 0.05) is 4.92 Å². The fraction of sp³-hybridized carbons (Fsp3) is 0.0667. The number of rotatable bonds is 5. The second kappa shape index (κ2) is 14.1. The average molecular weight is 739 g/mol. The molecule has 0 saturated heterocycles. The molecule has 8 bridgehead atoms. The molecular formula is C45H31N5O2Zn. The Hall–Kier alpha value is -6.24. The van der Waals surface area contributed by atoms with Crippen molar-refractivity contribution >= 4 is 34.2 Å². The second-order valence-electron chi connectivity index (χ2n) is 13.0. The quantitative estimate of drug-likeness (QED) is 0.0991. The maximum absolute atomic E-state index is 13.1. The van der Waals surface area contributed by atoms with E-state index in [2.05, 4.69) is 24.3 Å². The number of fused-ring (bicyclic) bond motifs is 8. The summed E-state index contributed by atoms with van der Waals surface area (Å²) in [6, 6.07) is 46.7. The van der Waals surface area contributed by atoms with Crippen LogP contribution in [0, 0.1) is 10.1 Å². The van der Waals surface area contributed by atoms with Gasteiger partial charge in [-0.1, -0.05) is 146 Å². The second-order valence-corrected chi connectivity index (χ2v) is 13.0. The predicted octanol–water partition coefficient (Wildman–Crippen LogP) is 10.5. The van der Waals surface area contributed by atoms with Crippen molar-refractivity contribution in [3.8, 4) is 44.5 Å². The van der Waals surface area contributed by atoms with Crippen LogP contribution in [0.4, 0.5) is 0 Å². The summed E-state index contributed by atoms with van der Waals surface area (Å²) in [5, 5.41) is 13.1. The van der Waals surface area contributed by atoms with E-state index >= 15 is 0 Å².